The number of carbonyl (C=O) groups is 2. The molecule has 0 amide bonds. The first kappa shape index (κ1) is 13.7. The second-order valence-corrected chi connectivity index (χ2v) is 5.08. The van der Waals surface area contributed by atoms with E-state index in [1.165, 1.54) is 0 Å². The molecule has 0 saturated carbocycles. The Morgan fingerprint density at radius 3 is 2.32 bits per heavy atom. The van der Waals surface area contributed by atoms with Crippen molar-refractivity contribution >= 4 is 11.8 Å². The van der Waals surface area contributed by atoms with Gasteiger partial charge in [-0.2, -0.15) is 0 Å². The van der Waals surface area contributed by atoms with Gasteiger partial charge in [0.2, 0.25) is 0 Å². The molecule has 0 aliphatic carbocycles. The van der Waals surface area contributed by atoms with Crippen molar-refractivity contribution < 1.29 is 19.6 Å². The molecular weight excluding hydrogens is 242 g/mol. The molecule has 1 aliphatic rings. The van der Waals surface area contributed by atoms with Gasteiger partial charge in [-0.15, -0.1) is 0 Å². The standard InChI is InChI=1S/C15H19NO3/c17-14(12-7-3-1-4-8-12)11-13(15(18)19)16-9-5-2-6-10-16/h1,3-4,7-8,13H,2,5-6,9-11H2,(H,18,19)/t13-/m1/s1. The van der Waals surface area contributed by atoms with Crippen molar-refractivity contribution in [2.45, 2.75) is 31.7 Å². The summed E-state index contributed by atoms with van der Waals surface area (Å²) < 4.78 is 0. The Labute approximate surface area is 113 Å². The summed E-state index contributed by atoms with van der Waals surface area (Å²) in [4.78, 5) is 24.4. The zero-order chi connectivity index (χ0) is 13.7. The van der Waals surface area contributed by atoms with Crippen molar-refractivity contribution in [2.75, 3.05) is 13.1 Å². The van der Waals surface area contributed by atoms with Gasteiger partial charge in [-0.05, 0) is 19.3 Å². The molecule has 0 unspecified atom stereocenters. The Bertz CT molecular complexity index is 438. The zero-order valence-corrected chi connectivity index (χ0v) is 10.9. The number of carbonyl (C=O) groups excluding carboxylic acids is 2. The molecule has 0 radical (unpaired) electrons. The molecule has 0 spiro atoms. The van der Waals surface area contributed by atoms with Crippen LogP contribution in [0, 0.1) is 0 Å². The number of carboxylic acid groups (broad SMARTS) is 1. The summed E-state index contributed by atoms with van der Waals surface area (Å²) in [6, 6.07) is 8.14. The molecule has 2 rings (SSSR count). The highest BCUT2D eigenvalue weighted by Gasteiger charge is 2.28. The molecule has 4 nitrogen and oxygen atoms in total. The number of Topliss-reactive ketones (excluding diaryl/α,β-unsaturated/α-hetero) is 1. The lowest BCUT2D eigenvalue weighted by Gasteiger charge is -2.31. The molecule has 1 aromatic carbocycles. The van der Waals surface area contributed by atoms with Crippen LogP contribution in [0.1, 0.15) is 36.0 Å². The maximum Gasteiger partial charge on any atom is 0.169 e. The van der Waals surface area contributed by atoms with Crippen LogP contribution in [-0.2, 0) is 4.79 Å². The number of benzene rings is 1. The molecule has 19 heavy (non-hydrogen) atoms. The molecule has 1 N–H and O–H groups in total. The van der Waals surface area contributed by atoms with E-state index in [2.05, 4.69) is 0 Å². The van der Waals surface area contributed by atoms with Gasteiger partial charge in [-0.3, -0.25) is 4.79 Å². The SMILES string of the molecule is O=C(C[C@H](C(=O)[O-])[NH+]1CCCCC1)c1ccccc1. The van der Waals surface area contributed by atoms with Gasteiger partial charge in [0.05, 0.1) is 25.5 Å². The molecule has 1 fully saturated rings. The van der Waals surface area contributed by atoms with Crippen LogP contribution < -0.4 is 10.0 Å². The number of piperidine rings is 1. The Morgan fingerprint density at radius 2 is 1.74 bits per heavy atom. The van der Waals surface area contributed by atoms with Crippen molar-refractivity contribution in [1.29, 1.82) is 0 Å². The Morgan fingerprint density at radius 1 is 1.11 bits per heavy atom. The lowest BCUT2D eigenvalue weighted by atomic mass is 10.0. The van der Waals surface area contributed by atoms with Gasteiger partial charge >= 0.3 is 0 Å². The van der Waals surface area contributed by atoms with Crippen molar-refractivity contribution in [2.24, 2.45) is 0 Å². The monoisotopic (exact) mass is 261 g/mol. The number of hydrogen-bond donors (Lipinski definition) is 1. The highest BCUT2D eigenvalue weighted by molar-refractivity contribution is 5.98. The quantitative estimate of drug-likeness (QED) is 0.723. The molecular formula is C15H19NO3. The summed E-state index contributed by atoms with van der Waals surface area (Å²) in [5.41, 5.74) is 0.574. The zero-order valence-electron chi connectivity index (χ0n) is 10.9. The minimum Gasteiger partial charge on any atom is -0.544 e. The minimum atomic E-state index is -1.11. The maximum atomic E-state index is 12.1. The first-order valence-corrected chi connectivity index (χ1v) is 6.82. The largest absolute Gasteiger partial charge is 0.544 e. The smallest absolute Gasteiger partial charge is 0.169 e. The Kier molecular flexibility index (Phi) is 4.68. The van der Waals surface area contributed by atoms with E-state index < -0.39 is 12.0 Å². The summed E-state index contributed by atoms with van der Waals surface area (Å²) in [7, 11) is 0. The summed E-state index contributed by atoms with van der Waals surface area (Å²) in [5, 5.41) is 11.3. The van der Waals surface area contributed by atoms with E-state index in [1.807, 2.05) is 6.07 Å². The second-order valence-electron chi connectivity index (χ2n) is 5.08. The van der Waals surface area contributed by atoms with Gasteiger partial charge in [-0.1, -0.05) is 30.3 Å². The Balaban J connectivity index is 2.04. The predicted octanol–water partition coefficient (Wildman–Crippen LogP) is -0.553. The number of likely N-dealkylation sites (tertiary alicyclic amines) is 1. The molecule has 0 bridgehead atoms. The maximum absolute atomic E-state index is 12.1. The lowest BCUT2D eigenvalue weighted by Crippen LogP contribution is -3.18. The van der Waals surface area contributed by atoms with E-state index >= 15 is 0 Å². The molecule has 1 heterocycles. The molecule has 1 atom stereocenters. The summed E-state index contributed by atoms with van der Waals surface area (Å²) in [6.07, 6.45) is 3.23. The van der Waals surface area contributed by atoms with Gasteiger partial charge in [-0.25, -0.2) is 0 Å². The second kappa shape index (κ2) is 6.48. The number of quaternary nitrogens is 1. The van der Waals surface area contributed by atoms with Crippen molar-refractivity contribution in [3.8, 4) is 0 Å². The van der Waals surface area contributed by atoms with E-state index in [0.29, 0.717) is 5.56 Å². The first-order valence-electron chi connectivity index (χ1n) is 6.82. The van der Waals surface area contributed by atoms with Gasteiger partial charge in [0, 0.05) is 5.56 Å². The molecule has 1 aromatic rings. The molecule has 102 valence electrons. The fourth-order valence-corrected chi connectivity index (χ4v) is 2.68. The highest BCUT2D eigenvalue weighted by atomic mass is 16.4. The van der Waals surface area contributed by atoms with Crippen LogP contribution in [0.15, 0.2) is 30.3 Å². The van der Waals surface area contributed by atoms with Crippen LogP contribution in [0.4, 0.5) is 0 Å². The number of carboxylic acids is 1. The third-order valence-corrected chi connectivity index (χ3v) is 3.76. The topological polar surface area (TPSA) is 61.6 Å². The van der Waals surface area contributed by atoms with Crippen LogP contribution in [-0.4, -0.2) is 30.9 Å². The average molecular weight is 261 g/mol. The van der Waals surface area contributed by atoms with Crippen LogP contribution in [0.25, 0.3) is 0 Å². The molecule has 1 saturated heterocycles. The third-order valence-electron chi connectivity index (χ3n) is 3.76. The number of rotatable bonds is 5. The van der Waals surface area contributed by atoms with Gasteiger partial charge in [0.15, 0.2) is 5.78 Å². The normalized spacial score (nSPS) is 17.9. The molecule has 1 aliphatic heterocycles. The van der Waals surface area contributed by atoms with Crippen LogP contribution in [0.3, 0.4) is 0 Å². The van der Waals surface area contributed by atoms with Crippen LogP contribution >= 0.6 is 0 Å². The van der Waals surface area contributed by atoms with Gasteiger partial charge in [0.25, 0.3) is 0 Å². The average Bonchev–Trinajstić information content (AvgIpc) is 2.46. The first-order chi connectivity index (χ1) is 9.18. The van der Waals surface area contributed by atoms with E-state index in [-0.39, 0.29) is 12.2 Å². The fraction of sp³-hybridized carbons (Fsp3) is 0.467. The predicted molar refractivity (Wildman–Crippen MR) is 68.7 cm³/mol. The summed E-state index contributed by atoms with van der Waals surface area (Å²) >= 11 is 0. The third kappa shape index (κ3) is 3.64. The van der Waals surface area contributed by atoms with Crippen LogP contribution in [0.5, 0.6) is 0 Å². The van der Waals surface area contributed by atoms with Gasteiger partial charge < -0.3 is 14.8 Å². The van der Waals surface area contributed by atoms with E-state index in [0.717, 1.165) is 37.3 Å². The van der Waals surface area contributed by atoms with E-state index in [4.69, 9.17) is 0 Å². The van der Waals surface area contributed by atoms with Crippen molar-refractivity contribution in [3.05, 3.63) is 35.9 Å². The van der Waals surface area contributed by atoms with E-state index in [9.17, 15) is 14.7 Å². The van der Waals surface area contributed by atoms with Gasteiger partial charge in [0.1, 0.15) is 6.04 Å². The van der Waals surface area contributed by atoms with Crippen LogP contribution in [0.2, 0.25) is 0 Å². The Hall–Kier alpha value is -1.68. The highest BCUT2D eigenvalue weighted by Crippen LogP contribution is 2.05. The fourth-order valence-electron chi connectivity index (χ4n) is 2.68. The van der Waals surface area contributed by atoms with E-state index in [1.54, 1.807) is 24.3 Å². The number of ketones is 1. The number of hydrogen-bond acceptors (Lipinski definition) is 3. The molecule has 0 aromatic heterocycles. The lowest BCUT2D eigenvalue weighted by molar-refractivity contribution is -0.922. The minimum absolute atomic E-state index is 0.0294. The summed E-state index contributed by atoms with van der Waals surface area (Å²) in [6.45, 7) is 1.64. The van der Waals surface area contributed by atoms with Crippen molar-refractivity contribution in [3.63, 3.8) is 0 Å². The number of aliphatic carboxylic acids is 1. The molecule has 4 heteroatoms. The summed E-state index contributed by atoms with van der Waals surface area (Å²) in [5.74, 6) is -1.23. The van der Waals surface area contributed by atoms with Crippen molar-refractivity contribution in [1.82, 2.24) is 0 Å². The number of nitrogens with one attached hydrogen (secondary N) is 1.